The quantitative estimate of drug-likeness (QED) is 0.664. The van der Waals surface area contributed by atoms with Crippen LogP contribution in [0.4, 0.5) is 0 Å². The number of rotatable bonds is 2. The first kappa shape index (κ1) is 12.4. The third-order valence-corrected chi connectivity index (χ3v) is 1.87. The molecule has 1 aromatic rings. The summed E-state index contributed by atoms with van der Waals surface area (Å²) >= 11 is 0. The summed E-state index contributed by atoms with van der Waals surface area (Å²) in [6, 6.07) is 6.15. The van der Waals surface area contributed by atoms with Crippen LogP contribution in [-0.4, -0.2) is 6.61 Å². The average molecular weight is 198 g/mol. The van der Waals surface area contributed by atoms with Crippen molar-refractivity contribution in [2.45, 2.75) is 27.7 Å². The van der Waals surface area contributed by atoms with E-state index in [1.165, 1.54) is 10.9 Å². The summed E-state index contributed by atoms with van der Waals surface area (Å²) in [6.45, 7) is 8.78. The number of hydrogen-bond acceptors (Lipinski definition) is 1. The van der Waals surface area contributed by atoms with Crippen LogP contribution in [0.1, 0.15) is 26.3 Å². The first-order valence-corrected chi connectivity index (χ1v) is 5.30. The molecule has 0 aliphatic rings. The Kier molecular flexibility index (Phi) is 6.62. The van der Waals surface area contributed by atoms with Crippen molar-refractivity contribution in [3.05, 3.63) is 23.8 Å². The van der Waals surface area contributed by atoms with Gasteiger partial charge in [0.15, 0.2) is 0 Å². The van der Waals surface area contributed by atoms with Gasteiger partial charge in [0, 0.05) is 0 Å². The van der Waals surface area contributed by atoms with Gasteiger partial charge in [-0.1, -0.05) is 26.0 Å². The Balaban J connectivity index is 0.000000671. The zero-order valence-corrected chi connectivity index (χ0v) is 10.1. The second-order valence-corrected chi connectivity index (χ2v) is 3.12. The van der Waals surface area contributed by atoms with Crippen LogP contribution in [0.5, 0.6) is 5.75 Å². The minimum Gasteiger partial charge on any atom is -0.494 e. The Bertz CT molecular complexity index is 246. The van der Waals surface area contributed by atoms with Gasteiger partial charge in [0.2, 0.25) is 0 Å². The highest BCUT2D eigenvalue weighted by Gasteiger charge is 1.96. The zero-order chi connectivity index (χ0) is 10.3. The molecule has 0 N–H and O–H groups in total. The van der Waals surface area contributed by atoms with E-state index in [0.717, 1.165) is 12.4 Å². The van der Waals surface area contributed by atoms with Gasteiger partial charge < -0.3 is 4.74 Å². The zero-order valence-electron chi connectivity index (χ0n) is 8.92. The Hall–Kier alpha value is -0.550. The minimum atomic E-state index is 0.731. The predicted octanol–water partition coefficient (Wildman–Crippen LogP) is 2.92. The van der Waals surface area contributed by atoms with Crippen LogP contribution in [-0.2, 0) is 0 Å². The first-order valence-electron chi connectivity index (χ1n) is 4.73. The summed E-state index contributed by atoms with van der Waals surface area (Å²) in [6.07, 6.45) is 0. The molecular formula is C11H19OP. The smallest absolute Gasteiger partial charge is 0.122 e. The van der Waals surface area contributed by atoms with Gasteiger partial charge in [-0.25, -0.2) is 0 Å². The largest absolute Gasteiger partial charge is 0.494 e. The molecular weight excluding hydrogens is 179 g/mol. The summed E-state index contributed by atoms with van der Waals surface area (Å²) in [5.41, 5.74) is 1.19. The van der Waals surface area contributed by atoms with E-state index in [2.05, 4.69) is 28.3 Å². The van der Waals surface area contributed by atoms with Crippen LogP contribution in [0.2, 0.25) is 0 Å². The van der Waals surface area contributed by atoms with Crippen LogP contribution in [0.15, 0.2) is 18.2 Å². The van der Waals surface area contributed by atoms with E-state index < -0.39 is 0 Å². The lowest BCUT2D eigenvalue weighted by Gasteiger charge is -2.06. The Morgan fingerprint density at radius 3 is 2.46 bits per heavy atom. The third-order valence-electron chi connectivity index (χ3n) is 1.51. The third kappa shape index (κ3) is 4.28. The lowest BCUT2D eigenvalue weighted by molar-refractivity contribution is 0.338. The molecule has 2 heteroatoms. The van der Waals surface area contributed by atoms with Crippen LogP contribution in [0, 0.1) is 6.92 Å². The number of benzene rings is 1. The Morgan fingerprint density at radius 2 is 1.92 bits per heavy atom. The maximum absolute atomic E-state index is 5.40. The van der Waals surface area contributed by atoms with Crippen LogP contribution in [0.25, 0.3) is 0 Å². The van der Waals surface area contributed by atoms with Gasteiger partial charge in [-0.15, -0.1) is 9.24 Å². The normalized spacial score (nSPS) is 8.69. The van der Waals surface area contributed by atoms with Gasteiger partial charge >= 0.3 is 0 Å². The van der Waals surface area contributed by atoms with Crippen molar-refractivity contribution in [1.82, 2.24) is 0 Å². The van der Waals surface area contributed by atoms with Gasteiger partial charge in [0.1, 0.15) is 5.75 Å². The highest BCUT2D eigenvalue weighted by atomic mass is 31.0. The lowest BCUT2D eigenvalue weighted by Crippen LogP contribution is -1.98. The number of aryl methyl sites for hydroxylation is 1. The van der Waals surface area contributed by atoms with Crippen LogP contribution < -0.4 is 10.0 Å². The Morgan fingerprint density at radius 1 is 1.31 bits per heavy atom. The van der Waals surface area contributed by atoms with Crippen molar-refractivity contribution in [2.75, 3.05) is 6.61 Å². The molecule has 0 aromatic heterocycles. The maximum Gasteiger partial charge on any atom is 0.122 e. The van der Waals surface area contributed by atoms with E-state index in [1.807, 2.05) is 26.8 Å². The summed E-state index contributed by atoms with van der Waals surface area (Å²) in [7, 11) is 2.66. The van der Waals surface area contributed by atoms with Crippen LogP contribution in [0.3, 0.4) is 0 Å². The molecule has 1 rings (SSSR count). The fourth-order valence-electron chi connectivity index (χ4n) is 0.928. The monoisotopic (exact) mass is 198 g/mol. The SMILES string of the molecule is CC.CCOc1cc(P)ccc1C. The van der Waals surface area contributed by atoms with Gasteiger partial charge in [0.05, 0.1) is 6.61 Å². The molecule has 1 nitrogen and oxygen atoms in total. The van der Waals surface area contributed by atoms with Gasteiger partial charge in [0.25, 0.3) is 0 Å². The summed E-state index contributed by atoms with van der Waals surface area (Å²) in [5.74, 6) is 0.986. The van der Waals surface area contributed by atoms with E-state index >= 15 is 0 Å². The molecule has 0 radical (unpaired) electrons. The molecule has 0 aliphatic carbocycles. The van der Waals surface area contributed by atoms with E-state index in [4.69, 9.17) is 4.74 Å². The number of hydrogen-bond donors (Lipinski definition) is 0. The molecule has 1 atom stereocenters. The topological polar surface area (TPSA) is 9.23 Å². The molecule has 74 valence electrons. The van der Waals surface area contributed by atoms with Crippen molar-refractivity contribution in [2.24, 2.45) is 0 Å². The number of ether oxygens (including phenoxy) is 1. The van der Waals surface area contributed by atoms with Gasteiger partial charge in [-0.2, -0.15) is 0 Å². The Labute approximate surface area is 83.7 Å². The molecule has 0 heterocycles. The van der Waals surface area contributed by atoms with E-state index in [9.17, 15) is 0 Å². The van der Waals surface area contributed by atoms with Gasteiger partial charge in [-0.3, -0.25) is 0 Å². The highest BCUT2D eigenvalue weighted by Crippen LogP contribution is 2.15. The standard InChI is InChI=1S/C9H13OP.C2H6/c1-3-10-9-6-8(11)5-4-7(9)2;1-2/h4-6H,3,11H2,1-2H3;1-2H3. The van der Waals surface area contributed by atoms with Crippen molar-refractivity contribution >= 4 is 14.5 Å². The van der Waals surface area contributed by atoms with E-state index in [-0.39, 0.29) is 0 Å². The van der Waals surface area contributed by atoms with Crippen molar-refractivity contribution in [3.8, 4) is 5.75 Å². The molecule has 13 heavy (non-hydrogen) atoms. The summed E-state index contributed by atoms with van der Waals surface area (Å²) < 4.78 is 5.40. The molecule has 1 aromatic carbocycles. The van der Waals surface area contributed by atoms with Crippen molar-refractivity contribution in [1.29, 1.82) is 0 Å². The minimum absolute atomic E-state index is 0.731. The highest BCUT2D eigenvalue weighted by molar-refractivity contribution is 7.27. The maximum atomic E-state index is 5.40. The first-order chi connectivity index (χ1) is 6.24. The molecule has 0 aliphatic heterocycles. The van der Waals surface area contributed by atoms with Crippen molar-refractivity contribution in [3.63, 3.8) is 0 Å². The van der Waals surface area contributed by atoms with E-state index in [1.54, 1.807) is 0 Å². The second kappa shape index (κ2) is 6.91. The molecule has 0 bridgehead atoms. The second-order valence-electron chi connectivity index (χ2n) is 2.46. The fourth-order valence-corrected chi connectivity index (χ4v) is 1.18. The molecule has 0 saturated carbocycles. The van der Waals surface area contributed by atoms with Crippen molar-refractivity contribution < 1.29 is 4.74 Å². The van der Waals surface area contributed by atoms with Crippen LogP contribution >= 0.6 is 9.24 Å². The molecule has 0 spiro atoms. The molecule has 0 saturated heterocycles. The predicted molar refractivity (Wildman–Crippen MR) is 63.0 cm³/mol. The van der Waals surface area contributed by atoms with E-state index in [0.29, 0.717) is 0 Å². The summed E-state index contributed by atoms with van der Waals surface area (Å²) in [4.78, 5) is 0. The molecule has 1 unspecified atom stereocenters. The lowest BCUT2D eigenvalue weighted by atomic mass is 10.2. The van der Waals surface area contributed by atoms with Gasteiger partial charge in [-0.05, 0) is 30.8 Å². The molecule has 0 amide bonds. The summed E-state index contributed by atoms with van der Waals surface area (Å²) in [5, 5.41) is 1.17. The average Bonchev–Trinajstić information content (AvgIpc) is 2.15. The fraction of sp³-hybridized carbons (Fsp3) is 0.455. The molecule has 0 fully saturated rings.